The van der Waals surface area contributed by atoms with Gasteiger partial charge in [0, 0.05) is 31.2 Å². The molecule has 1 aliphatic rings. The fourth-order valence-corrected chi connectivity index (χ4v) is 3.42. The predicted molar refractivity (Wildman–Crippen MR) is 80.7 cm³/mol. The molecule has 0 saturated carbocycles. The molecule has 1 heterocycles. The van der Waals surface area contributed by atoms with Gasteiger partial charge in [0.25, 0.3) is 5.91 Å². The van der Waals surface area contributed by atoms with E-state index in [1.807, 2.05) is 6.92 Å². The molecule has 1 aliphatic heterocycles. The normalized spacial score (nSPS) is 19.6. The Morgan fingerprint density at radius 1 is 1.38 bits per heavy atom. The van der Waals surface area contributed by atoms with Crippen LogP contribution in [0, 0.1) is 13.8 Å². The van der Waals surface area contributed by atoms with Crippen molar-refractivity contribution in [1.29, 1.82) is 0 Å². The molecule has 0 bridgehead atoms. The minimum atomic E-state index is -3.84. The molecule has 1 amide bonds. The first-order valence-electron chi connectivity index (χ1n) is 6.87. The second kappa shape index (κ2) is 5.75. The Bertz CT molecular complexity index is 670. The summed E-state index contributed by atoms with van der Waals surface area (Å²) in [6, 6.07) is 3.33. The standard InChI is InChI=1S/C14H21N3O3S/c1-9-6-12(7-13(11(9)3)21(15,19)20)14(18)17-5-4-16-10(2)8-17/h6-7,10,16H,4-5,8H2,1-3H3,(H2,15,19,20). The Morgan fingerprint density at radius 2 is 2.05 bits per heavy atom. The average molecular weight is 311 g/mol. The molecular weight excluding hydrogens is 290 g/mol. The highest BCUT2D eigenvalue weighted by molar-refractivity contribution is 7.89. The van der Waals surface area contributed by atoms with Crippen LogP contribution in [0.3, 0.4) is 0 Å². The molecule has 1 saturated heterocycles. The first kappa shape index (κ1) is 15.9. The molecule has 1 atom stereocenters. The van der Waals surface area contributed by atoms with Crippen molar-refractivity contribution in [3.05, 3.63) is 28.8 Å². The van der Waals surface area contributed by atoms with E-state index in [9.17, 15) is 13.2 Å². The third kappa shape index (κ3) is 3.42. The van der Waals surface area contributed by atoms with Gasteiger partial charge in [-0.3, -0.25) is 4.79 Å². The van der Waals surface area contributed by atoms with Gasteiger partial charge in [-0.2, -0.15) is 0 Å². The Labute approximate surface area is 125 Å². The molecule has 0 radical (unpaired) electrons. The molecule has 7 heteroatoms. The van der Waals surface area contributed by atoms with Gasteiger partial charge in [-0.15, -0.1) is 0 Å². The van der Waals surface area contributed by atoms with E-state index in [1.165, 1.54) is 6.07 Å². The predicted octanol–water partition coefficient (Wildman–Crippen LogP) is 0.385. The minimum absolute atomic E-state index is 0.0223. The van der Waals surface area contributed by atoms with E-state index in [4.69, 9.17) is 5.14 Å². The molecule has 3 N–H and O–H groups in total. The lowest BCUT2D eigenvalue weighted by molar-refractivity contribution is 0.0708. The molecule has 1 fully saturated rings. The van der Waals surface area contributed by atoms with Gasteiger partial charge >= 0.3 is 0 Å². The van der Waals surface area contributed by atoms with Gasteiger partial charge in [-0.1, -0.05) is 0 Å². The number of carbonyl (C=O) groups excluding carboxylic acids is 1. The average Bonchev–Trinajstić information content (AvgIpc) is 2.39. The van der Waals surface area contributed by atoms with Crippen LogP contribution in [0.25, 0.3) is 0 Å². The number of nitrogens with one attached hydrogen (secondary N) is 1. The SMILES string of the molecule is Cc1cc(C(=O)N2CCNC(C)C2)cc(S(N)(=O)=O)c1C. The number of benzene rings is 1. The highest BCUT2D eigenvalue weighted by atomic mass is 32.2. The largest absolute Gasteiger partial charge is 0.336 e. The van der Waals surface area contributed by atoms with Crippen molar-refractivity contribution < 1.29 is 13.2 Å². The quantitative estimate of drug-likeness (QED) is 0.826. The van der Waals surface area contributed by atoms with Gasteiger partial charge < -0.3 is 10.2 Å². The van der Waals surface area contributed by atoms with Crippen LogP contribution in [0.5, 0.6) is 0 Å². The maximum atomic E-state index is 12.6. The van der Waals surface area contributed by atoms with E-state index in [2.05, 4.69) is 5.32 Å². The highest BCUT2D eigenvalue weighted by Gasteiger charge is 2.24. The molecule has 2 rings (SSSR count). The number of hydrogen-bond donors (Lipinski definition) is 2. The van der Waals surface area contributed by atoms with Crippen molar-refractivity contribution in [1.82, 2.24) is 10.2 Å². The molecule has 116 valence electrons. The number of primary sulfonamides is 1. The Kier molecular flexibility index (Phi) is 4.36. The van der Waals surface area contributed by atoms with Crippen molar-refractivity contribution >= 4 is 15.9 Å². The van der Waals surface area contributed by atoms with Gasteiger partial charge in [-0.05, 0) is 44.0 Å². The van der Waals surface area contributed by atoms with Gasteiger partial charge in [0.1, 0.15) is 0 Å². The van der Waals surface area contributed by atoms with Crippen LogP contribution in [-0.4, -0.2) is 44.9 Å². The summed E-state index contributed by atoms with van der Waals surface area (Å²) in [6.45, 7) is 7.43. The van der Waals surface area contributed by atoms with E-state index in [0.717, 1.165) is 12.1 Å². The number of nitrogens with zero attached hydrogens (tertiary/aromatic N) is 1. The van der Waals surface area contributed by atoms with Crippen molar-refractivity contribution in [2.45, 2.75) is 31.7 Å². The fourth-order valence-electron chi connectivity index (χ4n) is 2.55. The zero-order valence-corrected chi connectivity index (χ0v) is 13.3. The number of carbonyl (C=O) groups is 1. The van der Waals surface area contributed by atoms with E-state index < -0.39 is 10.0 Å². The number of piperazine rings is 1. The Hall–Kier alpha value is -1.44. The summed E-state index contributed by atoms with van der Waals surface area (Å²) in [4.78, 5) is 14.3. The van der Waals surface area contributed by atoms with E-state index >= 15 is 0 Å². The number of nitrogens with two attached hydrogens (primary N) is 1. The van der Waals surface area contributed by atoms with Gasteiger partial charge in [0.05, 0.1) is 4.90 Å². The van der Waals surface area contributed by atoms with Crippen LogP contribution < -0.4 is 10.5 Å². The van der Waals surface area contributed by atoms with Crippen molar-refractivity contribution in [2.75, 3.05) is 19.6 Å². The third-order valence-corrected chi connectivity index (χ3v) is 4.87. The molecule has 0 aliphatic carbocycles. The molecule has 1 aromatic rings. The summed E-state index contributed by atoms with van der Waals surface area (Å²) in [7, 11) is -3.84. The summed E-state index contributed by atoms with van der Waals surface area (Å²) in [5, 5.41) is 8.50. The Morgan fingerprint density at radius 3 is 2.62 bits per heavy atom. The van der Waals surface area contributed by atoms with Crippen LogP contribution in [0.15, 0.2) is 17.0 Å². The monoisotopic (exact) mass is 311 g/mol. The molecule has 21 heavy (non-hydrogen) atoms. The number of rotatable bonds is 2. The fraction of sp³-hybridized carbons (Fsp3) is 0.500. The van der Waals surface area contributed by atoms with E-state index in [-0.39, 0.29) is 16.8 Å². The lowest BCUT2D eigenvalue weighted by Gasteiger charge is -2.32. The van der Waals surface area contributed by atoms with Crippen molar-refractivity contribution in [3.8, 4) is 0 Å². The number of aryl methyl sites for hydroxylation is 1. The highest BCUT2D eigenvalue weighted by Crippen LogP contribution is 2.21. The molecule has 6 nitrogen and oxygen atoms in total. The minimum Gasteiger partial charge on any atom is -0.336 e. The first-order chi connectivity index (χ1) is 9.70. The molecule has 0 aromatic heterocycles. The lowest BCUT2D eigenvalue weighted by Crippen LogP contribution is -2.51. The van der Waals surface area contributed by atoms with Crippen molar-refractivity contribution in [2.24, 2.45) is 5.14 Å². The summed E-state index contributed by atoms with van der Waals surface area (Å²) in [6.07, 6.45) is 0. The van der Waals surface area contributed by atoms with Gasteiger partial charge in [0.15, 0.2) is 0 Å². The van der Waals surface area contributed by atoms with E-state index in [1.54, 1.807) is 24.8 Å². The molecule has 0 spiro atoms. The van der Waals surface area contributed by atoms with Crippen molar-refractivity contribution in [3.63, 3.8) is 0 Å². The number of sulfonamides is 1. The van der Waals surface area contributed by atoms with Gasteiger partial charge in [-0.25, -0.2) is 13.6 Å². The molecular formula is C14H21N3O3S. The summed E-state index contributed by atoms with van der Waals surface area (Å²) >= 11 is 0. The van der Waals surface area contributed by atoms with Crippen LogP contribution >= 0.6 is 0 Å². The second-order valence-corrected chi connectivity index (χ2v) is 7.10. The number of hydrogen-bond acceptors (Lipinski definition) is 4. The number of amides is 1. The van der Waals surface area contributed by atoms with Crippen LogP contribution in [0.1, 0.15) is 28.4 Å². The van der Waals surface area contributed by atoms with Crippen LogP contribution in [0.4, 0.5) is 0 Å². The van der Waals surface area contributed by atoms with Crippen LogP contribution in [-0.2, 0) is 10.0 Å². The topological polar surface area (TPSA) is 92.5 Å². The molecule has 1 unspecified atom stereocenters. The lowest BCUT2D eigenvalue weighted by atomic mass is 10.0. The molecule has 1 aromatic carbocycles. The summed E-state index contributed by atoms with van der Waals surface area (Å²) < 4.78 is 23.3. The van der Waals surface area contributed by atoms with Crippen LogP contribution in [0.2, 0.25) is 0 Å². The zero-order chi connectivity index (χ0) is 15.8. The maximum Gasteiger partial charge on any atom is 0.254 e. The third-order valence-electron chi connectivity index (χ3n) is 3.83. The Balaban J connectivity index is 2.40. The maximum absolute atomic E-state index is 12.6. The first-order valence-corrected chi connectivity index (χ1v) is 8.41. The summed E-state index contributed by atoms with van der Waals surface area (Å²) in [5.41, 5.74) is 1.70. The van der Waals surface area contributed by atoms with Gasteiger partial charge in [0.2, 0.25) is 10.0 Å². The summed E-state index contributed by atoms with van der Waals surface area (Å²) in [5.74, 6) is -0.156. The zero-order valence-electron chi connectivity index (χ0n) is 12.5. The van der Waals surface area contributed by atoms with E-state index in [0.29, 0.717) is 24.2 Å². The second-order valence-electron chi connectivity index (χ2n) is 5.57. The smallest absolute Gasteiger partial charge is 0.254 e.